The van der Waals surface area contributed by atoms with Crippen molar-refractivity contribution in [1.82, 2.24) is 5.32 Å². The van der Waals surface area contributed by atoms with Crippen LogP contribution in [0.25, 0.3) is 0 Å². The van der Waals surface area contributed by atoms with E-state index in [0.29, 0.717) is 12.6 Å². The van der Waals surface area contributed by atoms with E-state index in [4.69, 9.17) is 27.9 Å². The maximum absolute atomic E-state index is 6.22. The lowest BCUT2D eigenvalue weighted by Gasteiger charge is -2.18. The molecule has 142 valence electrons. The zero-order valence-electron chi connectivity index (χ0n) is 14.8. The van der Waals surface area contributed by atoms with Gasteiger partial charge in [0.15, 0.2) is 0 Å². The van der Waals surface area contributed by atoms with Crippen molar-refractivity contribution in [3.05, 3.63) is 63.6 Å². The predicted molar refractivity (Wildman–Crippen MR) is 113 cm³/mol. The van der Waals surface area contributed by atoms with Crippen molar-refractivity contribution in [3.8, 4) is 5.75 Å². The van der Waals surface area contributed by atoms with Crippen LogP contribution in [0.4, 0.5) is 0 Å². The van der Waals surface area contributed by atoms with E-state index in [0.717, 1.165) is 33.5 Å². The van der Waals surface area contributed by atoms with Crippen molar-refractivity contribution >= 4 is 35.6 Å². The molecule has 1 saturated carbocycles. The minimum Gasteiger partial charge on any atom is -0.489 e. The first-order chi connectivity index (χ1) is 12.2. The van der Waals surface area contributed by atoms with Crippen molar-refractivity contribution in [1.29, 1.82) is 0 Å². The zero-order chi connectivity index (χ0) is 17.5. The summed E-state index contributed by atoms with van der Waals surface area (Å²) in [6.07, 6.45) is 7.89. The first kappa shape index (κ1) is 21.4. The molecule has 0 aliphatic heterocycles. The van der Waals surface area contributed by atoms with Crippen molar-refractivity contribution in [3.63, 3.8) is 0 Å². The van der Waals surface area contributed by atoms with E-state index >= 15 is 0 Å². The summed E-state index contributed by atoms with van der Waals surface area (Å²) in [6, 6.07) is 14.2. The van der Waals surface area contributed by atoms with Crippen molar-refractivity contribution < 1.29 is 4.74 Å². The Balaban J connectivity index is 0.00000243. The summed E-state index contributed by atoms with van der Waals surface area (Å²) in [5.74, 6) is 0.866. The molecule has 5 heteroatoms. The highest BCUT2D eigenvalue weighted by molar-refractivity contribution is 6.31. The van der Waals surface area contributed by atoms with Crippen LogP contribution in [0.1, 0.15) is 49.7 Å². The number of hydrogen-bond donors (Lipinski definition) is 1. The predicted octanol–water partition coefficient (Wildman–Crippen LogP) is 6.81. The highest BCUT2D eigenvalue weighted by atomic mass is 35.5. The molecule has 2 aromatic rings. The molecule has 0 unspecified atom stereocenters. The monoisotopic (exact) mass is 413 g/mol. The number of benzene rings is 2. The van der Waals surface area contributed by atoms with Crippen LogP contribution in [0, 0.1) is 0 Å². The maximum Gasteiger partial charge on any atom is 0.124 e. The van der Waals surface area contributed by atoms with Crippen LogP contribution in [0.5, 0.6) is 5.75 Å². The van der Waals surface area contributed by atoms with Crippen molar-refractivity contribution in [2.45, 2.75) is 57.7 Å². The van der Waals surface area contributed by atoms with E-state index in [9.17, 15) is 0 Å². The van der Waals surface area contributed by atoms with E-state index in [-0.39, 0.29) is 12.4 Å². The van der Waals surface area contributed by atoms with Gasteiger partial charge >= 0.3 is 0 Å². The largest absolute Gasteiger partial charge is 0.489 e. The van der Waals surface area contributed by atoms with E-state index in [1.54, 1.807) is 0 Å². The third-order valence-electron chi connectivity index (χ3n) is 4.80. The summed E-state index contributed by atoms with van der Waals surface area (Å²) in [6.45, 7) is 1.24. The second-order valence-corrected chi connectivity index (χ2v) is 7.55. The Labute approximate surface area is 172 Å². The van der Waals surface area contributed by atoms with Gasteiger partial charge in [-0.2, -0.15) is 0 Å². The summed E-state index contributed by atoms with van der Waals surface area (Å²) < 4.78 is 6.04. The number of hydrogen-bond acceptors (Lipinski definition) is 2. The van der Waals surface area contributed by atoms with Crippen LogP contribution in [-0.2, 0) is 13.2 Å². The molecular weight excluding hydrogens is 389 g/mol. The van der Waals surface area contributed by atoms with Gasteiger partial charge in [0.05, 0.1) is 0 Å². The standard InChI is InChI=1S/C21H25Cl2NO.ClH/c22-18-11-12-21(25-15-16-7-5-6-10-20(16)23)17(13-18)14-24-19-8-3-1-2-4-9-19;/h5-7,10-13,19,24H,1-4,8-9,14-15H2;1H. The minimum absolute atomic E-state index is 0. The van der Waals surface area contributed by atoms with Gasteiger partial charge in [0.2, 0.25) is 0 Å². The average Bonchev–Trinajstić information content (AvgIpc) is 2.89. The Morgan fingerprint density at radius 3 is 2.38 bits per heavy atom. The molecule has 2 aromatic carbocycles. The van der Waals surface area contributed by atoms with Gasteiger partial charge in [0.25, 0.3) is 0 Å². The third-order valence-corrected chi connectivity index (χ3v) is 5.40. The van der Waals surface area contributed by atoms with Gasteiger partial charge < -0.3 is 10.1 Å². The summed E-state index contributed by atoms with van der Waals surface area (Å²) in [4.78, 5) is 0. The molecule has 3 rings (SSSR count). The van der Waals surface area contributed by atoms with Crippen molar-refractivity contribution in [2.75, 3.05) is 0 Å². The molecule has 0 saturated heterocycles. The summed E-state index contributed by atoms with van der Waals surface area (Å²) in [5, 5.41) is 5.16. The van der Waals surface area contributed by atoms with Gasteiger partial charge in [-0.25, -0.2) is 0 Å². The molecule has 0 aromatic heterocycles. The number of nitrogens with one attached hydrogen (secondary N) is 1. The molecule has 0 spiro atoms. The topological polar surface area (TPSA) is 21.3 Å². The highest BCUT2D eigenvalue weighted by Crippen LogP contribution is 2.26. The smallest absolute Gasteiger partial charge is 0.124 e. The lowest BCUT2D eigenvalue weighted by atomic mass is 10.1. The number of halogens is 3. The normalized spacial score (nSPS) is 15.2. The van der Waals surface area contributed by atoms with Crippen molar-refractivity contribution in [2.24, 2.45) is 0 Å². The highest BCUT2D eigenvalue weighted by Gasteiger charge is 2.13. The second-order valence-electron chi connectivity index (χ2n) is 6.70. The van der Waals surface area contributed by atoms with Crippen LogP contribution in [-0.4, -0.2) is 6.04 Å². The quantitative estimate of drug-likeness (QED) is 0.524. The molecule has 1 N–H and O–H groups in total. The van der Waals surface area contributed by atoms with Crippen LogP contribution < -0.4 is 10.1 Å². The van der Waals surface area contributed by atoms with Gasteiger partial charge in [-0.3, -0.25) is 0 Å². The molecule has 0 heterocycles. The third kappa shape index (κ3) is 6.35. The fourth-order valence-corrected chi connectivity index (χ4v) is 3.72. The molecule has 1 fully saturated rings. The first-order valence-electron chi connectivity index (χ1n) is 9.10. The fourth-order valence-electron chi connectivity index (χ4n) is 3.34. The Bertz CT molecular complexity index is 685. The van der Waals surface area contributed by atoms with Crippen LogP contribution in [0.3, 0.4) is 0 Å². The van der Waals surface area contributed by atoms with E-state index < -0.39 is 0 Å². The fraction of sp³-hybridized carbons (Fsp3) is 0.429. The summed E-state index contributed by atoms with van der Waals surface area (Å²) in [7, 11) is 0. The summed E-state index contributed by atoms with van der Waals surface area (Å²) >= 11 is 12.4. The van der Waals surface area contributed by atoms with Gasteiger partial charge in [0.1, 0.15) is 12.4 Å². The Morgan fingerprint density at radius 1 is 0.923 bits per heavy atom. The lowest BCUT2D eigenvalue weighted by molar-refractivity contribution is 0.301. The Morgan fingerprint density at radius 2 is 1.65 bits per heavy atom. The van der Waals surface area contributed by atoms with Crippen LogP contribution in [0.2, 0.25) is 10.0 Å². The minimum atomic E-state index is 0. The Hall–Kier alpha value is -0.930. The molecule has 26 heavy (non-hydrogen) atoms. The number of ether oxygens (including phenoxy) is 1. The maximum atomic E-state index is 6.22. The zero-order valence-corrected chi connectivity index (χ0v) is 17.2. The molecule has 0 amide bonds. The lowest BCUT2D eigenvalue weighted by Crippen LogP contribution is -2.28. The van der Waals surface area contributed by atoms with Gasteiger partial charge in [-0.1, -0.05) is 67.1 Å². The summed E-state index contributed by atoms with van der Waals surface area (Å²) in [5.41, 5.74) is 2.09. The van der Waals surface area contributed by atoms with Gasteiger partial charge in [-0.15, -0.1) is 12.4 Å². The molecule has 0 radical (unpaired) electrons. The SMILES string of the molecule is Cl.Clc1ccc(OCc2ccccc2Cl)c(CNC2CCCCCC2)c1. The molecule has 1 aliphatic rings. The first-order valence-corrected chi connectivity index (χ1v) is 9.86. The van der Waals surface area contributed by atoms with Crippen LogP contribution in [0.15, 0.2) is 42.5 Å². The van der Waals surface area contributed by atoms with E-state index in [1.165, 1.54) is 38.5 Å². The van der Waals surface area contributed by atoms with E-state index in [2.05, 4.69) is 5.32 Å². The Kier molecular flexibility index (Phi) is 9.07. The second kappa shape index (κ2) is 11.0. The molecule has 2 nitrogen and oxygen atoms in total. The molecule has 0 atom stereocenters. The van der Waals surface area contributed by atoms with Gasteiger partial charge in [0, 0.05) is 33.8 Å². The molecule has 0 bridgehead atoms. The van der Waals surface area contributed by atoms with Crippen LogP contribution >= 0.6 is 35.6 Å². The molecular formula is C21H26Cl3NO. The van der Waals surface area contributed by atoms with E-state index in [1.807, 2.05) is 42.5 Å². The molecule has 1 aliphatic carbocycles. The average molecular weight is 415 g/mol. The van der Waals surface area contributed by atoms with Gasteiger partial charge in [-0.05, 0) is 37.1 Å². The number of rotatable bonds is 6.